The third-order valence-electron chi connectivity index (χ3n) is 2.94. The number of nitrogens with two attached hydrogens (primary N) is 1. The highest BCUT2D eigenvalue weighted by Crippen LogP contribution is 2.27. The zero-order chi connectivity index (χ0) is 11.5. The highest BCUT2D eigenvalue weighted by molar-refractivity contribution is 6.30. The Labute approximate surface area is 100 Å². The van der Waals surface area contributed by atoms with Gasteiger partial charge in [-0.2, -0.15) is 0 Å². The van der Waals surface area contributed by atoms with Gasteiger partial charge in [0.15, 0.2) is 5.82 Å². The van der Waals surface area contributed by atoms with Crippen LogP contribution in [0, 0.1) is 5.92 Å². The van der Waals surface area contributed by atoms with Gasteiger partial charge in [0, 0.05) is 25.9 Å². The van der Waals surface area contributed by atoms with Gasteiger partial charge < -0.3 is 15.7 Å². The van der Waals surface area contributed by atoms with Gasteiger partial charge in [0.2, 0.25) is 0 Å². The number of rotatable bonds is 2. The van der Waals surface area contributed by atoms with Crippen LogP contribution < -0.4 is 10.6 Å². The second-order valence-electron chi connectivity index (χ2n) is 4.20. The first-order valence-corrected chi connectivity index (χ1v) is 5.85. The van der Waals surface area contributed by atoms with Crippen molar-refractivity contribution in [2.24, 2.45) is 5.92 Å². The second-order valence-corrected chi connectivity index (χ2v) is 4.64. The van der Waals surface area contributed by atoms with E-state index >= 15 is 0 Å². The van der Waals surface area contributed by atoms with E-state index in [1.807, 2.05) is 0 Å². The second kappa shape index (κ2) is 4.89. The number of piperidine rings is 1. The molecule has 1 atom stereocenters. The lowest BCUT2D eigenvalue weighted by Crippen LogP contribution is -2.37. The Morgan fingerprint density at radius 2 is 2.44 bits per heavy atom. The summed E-state index contributed by atoms with van der Waals surface area (Å²) in [5.74, 6) is 1.10. The monoisotopic (exact) mass is 241 g/mol. The molecule has 0 aromatic carbocycles. The summed E-state index contributed by atoms with van der Waals surface area (Å²) in [5.41, 5.74) is 6.49. The van der Waals surface area contributed by atoms with Crippen LogP contribution in [-0.4, -0.2) is 29.8 Å². The minimum atomic E-state index is 0.226. The fourth-order valence-corrected chi connectivity index (χ4v) is 2.28. The summed E-state index contributed by atoms with van der Waals surface area (Å²) >= 11 is 5.81. The van der Waals surface area contributed by atoms with Crippen molar-refractivity contribution in [2.75, 3.05) is 30.3 Å². The molecular weight excluding hydrogens is 226 g/mol. The molecule has 2 heterocycles. The smallest absolute Gasteiger partial charge is 0.151 e. The van der Waals surface area contributed by atoms with Gasteiger partial charge in [-0.15, -0.1) is 0 Å². The highest BCUT2D eigenvalue weighted by Gasteiger charge is 2.21. The Kier molecular flexibility index (Phi) is 3.51. The van der Waals surface area contributed by atoms with Crippen molar-refractivity contribution in [3.05, 3.63) is 17.3 Å². The molecule has 5 heteroatoms. The molecule has 88 valence electrons. The summed E-state index contributed by atoms with van der Waals surface area (Å²) in [5, 5.41) is 9.72. The molecule has 1 aliphatic rings. The molecule has 3 N–H and O–H groups in total. The first-order chi connectivity index (χ1) is 7.70. The number of nitrogen functional groups attached to an aromatic ring is 1. The Balaban J connectivity index is 2.16. The number of pyridine rings is 1. The van der Waals surface area contributed by atoms with Gasteiger partial charge in [-0.1, -0.05) is 11.6 Å². The van der Waals surface area contributed by atoms with Crippen molar-refractivity contribution in [2.45, 2.75) is 12.8 Å². The SMILES string of the molecule is Nc1cc(Cl)cnc1N1CCCC(CO)C1. The summed E-state index contributed by atoms with van der Waals surface area (Å²) in [6.07, 6.45) is 3.74. The van der Waals surface area contributed by atoms with E-state index in [4.69, 9.17) is 22.4 Å². The Morgan fingerprint density at radius 1 is 1.62 bits per heavy atom. The maximum atomic E-state index is 9.17. The molecule has 1 aromatic heterocycles. The van der Waals surface area contributed by atoms with Crippen LogP contribution in [0.5, 0.6) is 0 Å². The summed E-state index contributed by atoms with van der Waals surface area (Å²) in [7, 11) is 0. The fraction of sp³-hybridized carbons (Fsp3) is 0.545. The van der Waals surface area contributed by atoms with Gasteiger partial charge in [-0.25, -0.2) is 4.98 Å². The van der Waals surface area contributed by atoms with Crippen LogP contribution in [0.4, 0.5) is 11.5 Å². The van der Waals surface area contributed by atoms with E-state index in [-0.39, 0.29) is 6.61 Å². The van der Waals surface area contributed by atoms with Gasteiger partial charge in [-0.3, -0.25) is 0 Å². The Bertz CT molecular complexity index is 372. The molecule has 0 spiro atoms. The molecular formula is C11H16ClN3O. The average molecular weight is 242 g/mol. The van der Waals surface area contributed by atoms with E-state index in [9.17, 15) is 0 Å². The van der Waals surface area contributed by atoms with E-state index in [0.717, 1.165) is 31.7 Å². The average Bonchev–Trinajstić information content (AvgIpc) is 2.29. The minimum absolute atomic E-state index is 0.226. The number of aliphatic hydroxyl groups excluding tert-OH is 1. The summed E-state index contributed by atoms with van der Waals surface area (Å²) < 4.78 is 0. The van der Waals surface area contributed by atoms with Crippen molar-refractivity contribution < 1.29 is 5.11 Å². The largest absolute Gasteiger partial charge is 0.396 e. The van der Waals surface area contributed by atoms with Crippen LogP contribution in [0.25, 0.3) is 0 Å². The molecule has 4 nitrogen and oxygen atoms in total. The van der Waals surface area contributed by atoms with Crippen LogP contribution in [0.2, 0.25) is 5.02 Å². The van der Waals surface area contributed by atoms with Gasteiger partial charge >= 0.3 is 0 Å². The number of aromatic nitrogens is 1. The Hall–Kier alpha value is -1.00. The third-order valence-corrected chi connectivity index (χ3v) is 3.15. The predicted octanol–water partition coefficient (Wildman–Crippen LogP) is 1.53. The number of halogens is 1. The molecule has 1 aliphatic heterocycles. The first kappa shape index (κ1) is 11.5. The van der Waals surface area contributed by atoms with Crippen molar-refractivity contribution in [3.63, 3.8) is 0 Å². The van der Waals surface area contributed by atoms with Gasteiger partial charge in [0.05, 0.1) is 10.7 Å². The molecule has 0 amide bonds. The molecule has 1 aromatic rings. The minimum Gasteiger partial charge on any atom is -0.396 e. The number of aliphatic hydroxyl groups is 1. The third kappa shape index (κ3) is 2.39. The molecule has 0 aliphatic carbocycles. The quantitative estimate of drug-likeness (QED) is 0.824. The van der Waals surface area contributed by atoms with E-state index < -0.39 is 0 Å². The lowest BCUT2D eigenvalue weighted by Gasteiger charge is -2.33. The van der Waals surface area contributed by atoms with Crippen molar-refractivity contribution >= 4 is 23.1 Å². The first-order valence-electron chi connectivity index (χ1n) is 5.47. The van der Waals surface area contributed by atoms with Crippen LogP contribution >= 0.6 is 11.6 Å². The number of hydrogen-bond donors (Lipinski definition) is 2. The lowest BCUT2D eigenvalue weighted by molar-refractivity contribution is 0.208. The molecule has 0 saturated carbocycles. The maximum Gasteiger partial charge on any atom is 0.151 e. The molecule has 0 radical (unpaired) electrons. The Morgan fingerprint density at radius 3 is 3.12 bits per heavy atom. The van der Waals surface area contributed by atoms with Crippen LogP contribution in [0.15, 0.2) is 12.3 Å². The predicted molar refractivity (Wildman–Crippen MR) is 65.7 cm³/mol. The number of hydrogen-bond acceptors (Lipinski definition) is 4. The summed E-state index contributed by atoms with van der Waals surface area (Å²) in [6.45, 7) is 1.98. The fourth-order valence-electron chi connectivity index (χ4n) is 2.12. The van der Waals surface area contributed by atoms with Gasteiger partial charge in [0.1, 0.15) is 0 Å². The zero-order valence-electron chi connectivity index (χ0n) is 9.06. The molecule has 2 rings (SSSR count). The van der Waals surface area contributed by atoms with E-state index in [0.29, 0.717) is 16.6 Å². The maximum absolute atomic E-state index is 9.17. The van der Waals surface area contributed by atoms with Gasteiger partial charge in [-0.05, 0) is 24.8 Å². The van der Waals surface area contributed by atoms with E-state index in [2.05, 4.69) is 9.88 Å². The van der Waals surface area contributed by atoms with E-state index in [1.54, 1.807) is 12.3 Å². The number of anilines is 2. The summed E-state index contributed by atoms with van der Waals surface area (Å²) in [6, 6.07) is 1.71. The zero-order valence-corrected chi connectivity index (χ0v) is 9.82. The van der Waals surface area contributed by atoms with Gasteiger partial charge in [0.25, 0.3) is 0 Å². The van der Waals surface area contributed by atoms with Crippen LogP contribution in [0.3, 0.4) is 0 Å². The van der Waals surface area contributed by atoms with Crippen LogP contribution in [0.1, 0.15) is 12.8 Å². The molecule has 0 bridgehead atoms. The van der Waals surface area contributed by atoms with E-state index in [1.165, 1.54) is 0 Å². The molecule has 16 heavy (non-hydrogen) atoms. The topological polar surface area (TPSA) is 62.4 Å². The highest BCUT2D eigenvalue weighted by atomic mass is 35.5. The molecule has 1 saturated heterocycles. The standard InChI is InChI=1S/C11H16ClN3O/c12-9-4-10(13)11(14-5-9)15-3-1-2-8(6-15)7-16/h4-5,8,16H,1-3,6-7,13H2. The lowest BCUT2D eigenvalue weighted by atomic mass is 9.99. The van der Waals surface area contributed by atoms with Crippen molar-refractivity contribution in [3.8, 4) is 0 Å². The molecule has 1 fully saturated rings. The summed E-state index contributed by atoms with van der Waals surface area (Å²) in [4.78, 5) is 6.38. The normalized spacial score (nSPS) is 21.1. The molecule has 1 unspecified atom stereocenters. The number of nitrogens with zero attached hydrogens (tertiary/aromatic N) is 2. The van der Waals surface area contributed by atoms with Crippen LogP contribution in [-0.2, 0) is 0 Å². The van der Waals surface area contributed by atoms with Crippen molar-refractivity contribution in [1.29, 1.82) is 0 Å². The van der Waals surface area contributed by atoms with Crippen molar-refractivity contribution in [1.82, 2.24) is 4.98 Å².